The molecule has 2 aromatic carbocycles. The molecule has 33 heavy (non-hydrogen) atoms. The van der Waals surface area contributed by atoms with Crippen LogP contribution in [0.25, 0.3) is 0 Å². The molecule has 0 saturated carbocycles. The van der Waals surface area contributed by atoms with E-state index < -0.39 is 42.0 Å². The van der Waals surface area contributed by atoms with Crippen LogP contribution in [-0.4, -0.2) is 36.9 Å². The highest BCUT2D eigenvalue weighted by molar-refractivity contribution is 5.97. The van der Waals surface area contributed by atoms with Crippen LogP contribution in [0.3, 0.4) is 0 Å². The zero-order valence-electron chi connectivity index (χ0n) is 17.8. The van der Waals surface area contributed by atoms with Crippen LogP contribution >= 0.6 is 0 Å². The second kappa shape index (κ2) is 10.5. The van der Waals surface area contributed by atoms with Crippen molar-refractivity contribution in [2.75, 3.05) is 23.8 Å². The minimum absolute atomic E-state index is 0.0469. The summed E-state index contributed by atoms with van der Waals surface area (Å²) in [4.78, 5) is 35.9. The zero-order chi connectivity index (χ0) is 24.0. The Kier molecular flexibility index (Phi) is 7.70. The van der Waals surface area contributed by atoms with Gasteiger partial charge >= 0.3 is 6.18 Å². The van der Waals surface area contributed by atoms with E-state index in [0.717, 1.165) is 12.1 Å². The number of anilines is 2. The maximum Gasteiger partial charge on any atom is 0.418 e. The fourth-order valence-electron chi connectivity index (χ4n) is 3.25. The van der Waals surface area contributed by atoms with Crippen molar-refractivity contribution in [3.05, 3.63) is 53.6 Å². The van der Waals surface area contributed by atoms with Gasteiger partial charge in [-0.2, -0.15) is 13.2 Å². The van der Waals surface area contributed by atoms with Crippen molar-refractivity contribution in [2.24, 2.45) is 0 Å². The zero-order valence-corrected chi connectivity index (χ0v) is 17.8. The van der Waals surface area contributed by atoms with Crippen molar-refractivity contribution in [1.29, 1.82) is 0 Å². The molecule has 7 nitrogen and oxygen atoms in total. The van der Waals surface area contributed by atoms with E-state index in [0.29, 0.717) is 37.2 Å². The van der Waals surface area contributed by atoms with Crippen molar-refractivity contribution in [1.82, 2.24) is 0 Å². The summed E-state index contributed by atoms with van der Waals surface area (Å²) < 4.78 is 51.2. The van der Waals surface area contributed by atoms with Gasteiger partial charge in [0, 0.05) is 24.3 Å². The van der Waals surface area contributed by atoms with E-state index in [9.17, 15) is 27.6 Å². The van der Waals surface area contributed by atoms with E-state index >= 15 is 0 Å². The number of amides is 2. The normalized spacial score (nSPS) is 15.7. The molecule has 0 spiro atoms. The lowest BCUT2D eigenvalue weighted by molar-refractivity contribution is -0.137. The number of ether oxygens (including phenoxy) is 2. The quantitative estimate of drug-likeness (QED) is 0.564. The maximum absolute atomic E-state index is 13.6. The van der Waals surface area contributed by atoms with E-state index in [2.05, 4.69) is 10.6 Å². The lowest BCUT2D eigenvalue weighted by Crippen LogP contribution is -2.27. The second-order valence-electron chi connectivity index (χ2n) is 7.39. The fourth-order valence-corrected chi connectivity index (χ4v) is 3.25. The molecule has 0 bridgehead atoms. The molecule has 3 rings (SSSR count). The Morgan fingerprint density at radius 1 is 1.09 bits per heavy atom. The van der Waals surface area contributed by atoms with Crippen molar-refractivity contribution in [3.8, 4) is 5.75 Å². The molecular formula is C23H23F3N2O5. The molecule has 0 unspecified atom stereocenters. The first-order valence-corrected chi connectivity index (χ1v) is 10.4. The van der Waals surface area contributed by atoms with Crippen LogP contribution in [-0.2, 0) is 20.5 Å². The van der Waals surface area contributed by atoms with Crippen molar-refractivity contribution < 1.29 is 37.0 Å². The third-order valence-corrected chi connectivity index (χ3v) is 4.96. The van der Waals surface area contributed by atoms with Gasteiger partial charge in [-0.3, -0.25) is 14.4 Å². The van der Waals surface area contributed by atoms with Gasteiger partial charge in [0.1, 0.15) is 11.9 Å². The van der Waals surface area contributed by atoms with Crippen molar-refractivity contribution in [2.45, 2.75) is 38.5 Å². The smallest absolute Gasteiger partial charge is 0.418 e. The summed E-state index contributed by atoms with van der Waals surface area (Å²) in [5.74, 6) is -1.07. The van der Waals surface area contributed by atoms with E-state index in [1.165, 1.54) is 18.2 Å². The Balaban J connectivity index is 1.64. The summed E-state index contributed by atoms with van der Waals surface area (Å²) in [6, 6.07) is 9.19. The maximum atomic E-state index is 13.6. The summed E-state index contributed by atoms with van der Waals surface area (Å²) >= 11 is 0. The minimum atomic E-state index is -4.77. The van der Waals surface area contributed by atoms with Crippen LogP contribution in [0.5, 0.6) is 5.75 Å². The molecule has 2 amide bonds. The number of rotatable bonds is 8. The van der Waals surface area contributed by atoms with Gasteiger partial charge in [0.2, 0.25) is 0 Å². The summed E-state index contributed by atoms with van der Waals surface area (Å²) in [5.41, 5.74) is -1.13. The molecule has 1 heterocycles. The number of nitrogens with one attached hydrogen (secondary N) is 2. The van der Waals surface area contributed by atoms with Gasteiger partial charge in [-0.05, 0) is 55.3 Å². The molecule has 1 aliphatic heterocycles. The number of halogens is 3. The van der Waals surface area contributed by atoms with Crippen LogP contribution in [0.2, 0.25) is 0 Å². The Hall–Kier alpha value is -3.40. The Bertz CT molecular complexity index is 1020. The number of ketones is 1. The van der Waals surface area contributed by atoms with Gasteiger partial charge in [0.25, 0.3) is 11.8 Å². The number of hydrogen-bond donors (Lipinski definition) is 2. The minimum Gasteiger partial charge on any atom is -0.484 e. The van der Waals surface area contributed by atoms with Crippen molar-refractivity contribution >= 4 is 29.0 Å². The summed E-state index contributed by atoms with van der Waals surface area (Å²) in [7, 11) is 0. The number of alkyl halides is 3. The Morgan fingerprint density at radius 3 is 2.42 bits per heavy atom. The summed E-state index contributed by atoms with van der Waals surface area (Å²) in [5, 5.41) is 4.60. The predicted molar refractivity (Wildman–Crippen MR) is 114 cm³/mol. The van der Waals surface area contributed by atoms with E-state index in [4.69, 9.17) is 9.47 Å². The van der Waals surface area contributed by atoms with Crippen LogP contribution in [0, 0.1) is 0 Å². The number of Topliss-reactive ketones (excluding diaryl/α,β-unsaturated/α-hetero) is 1. The van der Waals surface area contributed by atoms with Crippen LogP contribution in [0.1, 0.15) is 42.1 Å². The van der Waals surface area contributed by atoms with Crippen molar-refractivity contribution in [3.63, 3.8) is 0 Å². The van der Waals surface area contributed by atoms with E-state index in [1.807, 2.05) is 0 Å². The van der Waals surface area contributed by atoms with Gasteiger partial charge in [-0.15, -0.1) is 0 Å². The van der Waals surface area contributed by atoms with E-state index in [1.54, 1.807) is 19.1 Å². The fraction of sp³-hybridized carbons (Fsp3) is 0.348. The second-order valence-corrected chi connectivity index (χ2v) is 7.39. The molecule has 10 heteroatoms. The molecule has 1 aliphatic rings. The van der Waals surface area contributed by atoms with Gasteiger partial charge in [0.15, 0.2) is 12.4 Å². The molecule has 1 saturated heterocycles. The van der Waals surface area contributed by atoms with Gasteiger partial charge in [0.05, 0.1) is 11.3 Å². The molecule has 0 radical (unpaired) electrons. The largest absolute Gasteiger partial charge is 0.484 e. The highest BCUT2D eigenvalue weighted by Gasteiger charge is 2.35. The average molecular weight is 464 g/mol. The first kappa shape index (κ1) is 24.2. The Labute approximate surface area is 188 Å². The van der Waals surface area contributed by atoms with Gasteiger partial charge in [-0.25, -0.2) is 0 Å². The number of carbonyl (C=O) groups is 3. The summed E-state index contributed by atoms with van der Waals surface area (Å²) in [6.07, 6.45) is -3.90. The van der Waals surface area contributed by atoms with Crippen LogP contribution < -0.4 is 15.4 Å². The average Bonchev–Trinajstić information content (AvgIpc) is 3.33. The number of hydrogen-bond acceptors (Lipinski definition) is 5. The summed E-state index contributed by atoms with van der Waals surface area (Å²) in [6.45, 7) is 1.63. The SMILES string of the molecule is CCC(=O)c1ccc(OCC(=O)Nc2ccc(NC(=O)[C@H]3CCCO3)cc2C(F)(F)F)cc1. The van der Waals surface area contributed by atoms with Gasteiger partial charge in [-0.1, -0.05) is 6.92 Å². The molecule has 0 aliphatic carbocycles. The van der Waals surface area contributed by atoms with Crippen LogP contribution in [0.4, 0.5) is 24.5 Å². The lowest BCUT2D eigenvalue weighted by atomic mass is 10.1. The molecule has 2 aromatic rings. The molecule has 0 aromatic heterocycles. The molecule has 2 N–H and O–H groups in total. The molecule has 176 valence electrons. The van der Waals surface area contributed by atoms with Crippen LogP contribution in [0.15, 0.2) is 42.5 Å². The third kappa shape index (κ3) is 6.55. The Morgan fingerprint density at radius 2 is 1.82 bits per heavy atom. The highest BCUT2D eigenvalue weighted by Crippen LogP contribution is 2.36. The molecule has 1 fully saturated rings. The number of benzene rings is 2. The predicted octanol–water partition coefficient (Wildman–Crippen LogP) is 4.43. The van der Waals surface area contributed by atoms with E-state index in [-0.39, 0.29) is 11.5 Å². The standard InChI is InChI=1S/C23H23F3N2O5/c1-2-19(29)14-5-8-16(9-6-14)33-13-21(30)28-18-10-7-15(12-17(18)23(24,25)26)27-22(31)20-4-3-11-32-20/h5-10,12,20H,2-4,11,13H2,1H3,(H,27,31)(H,28,30)/t20-/m1/s1. The van der Waals surface area contributed by atoms with Gasteiger partial charge < -0.3 is 20.1 Å². The lowest BCUT2D eigenvalue weighted by Gasteiger charge is -2.17. The monoisotopic (exact) mass is 464 g/mol. The topological polar surface area (TPSA) is 93.7 Å². The first-order chi connectivity index (χ1) is 15.7. The number of carbonyl (C=O) groups excluding carboxylic acids is 3. The molecule has 1 atom stereocenters. The highest BCUT2D eigenvalue weighted by atomic mass is 19.4. The first-order valence-electron chi connectivity index (χ1n) is 10.4. The third-order valence-electron chi connectivity index (χ3n) is 4.96. The molecular weight excluding hydrogens is 441 g/mol.